The Morgan fingerprint density at radius 2 is 2.00 bits per heavy atom. The van der Waals surface area contributed by atoms with Gasteiger partial charge in [0.15, 0.2) is 0 Å². The highest BCUT2D eigenvalue weighted by molar-refractivity contribution is 7.89. The van der Waals surface area contributed by atoms with Crippen molar-refractivity contribution in [3.8, 4) is 0 Å². The van der Waals surface area contributed by atoms with Crippen LogP contribution in [0.5, 0.6) is 0 Å². The maximum absolute atomic E-state index is 12.1. The molecule has 6 heteroatoms. The van der Waals surface area contributed by atoms with Crippen LogP contribution in [0.15, 0.2) is 23.1 Å². The van der Waals surface area contributed by atoms with Crippen molar-refractivity contribution < 1.29 is 8.42 Å². The second kappa shape index (κ2) is 5.77. The fourth-order valence-corrected chi connectivity index (χ4v) is 3.14. The summed E-state index contributed by atoms with van der Waals surface area (Å²) in [5.74, 6) is 0. The van der Waals surface area contributed by atoms with Crippen LogP contribution in [-0.2, 0) is 10.0 Å². The van der Waals surface area contributed by atoms with Crippen LogP contribution in [0.1, 0.15) is 24.5 Å². The summed E-state index contributed by atoms with van der Waals surface area (Å²) >= 11 is 4.76. The molecule has 4 nitrogen and oxygen atoms in total. The summed E-state index contributed by atoms with van der Waals surface area (Å²) in [4.78, 5) is 0.561. The van der Waals surface area contributed by atoms with Crippen molar-refractivity contribution in [2.24, 2.45) is 5.73 Å². The van der Waals surface area contributed by atoms with Crippen LogP contribution in [-0.4, -0.2) is 19.4 Å². The van der Waals surface area contributed by atoms with E-state index in [0.29, 0.717) is 11.4 Å². The van der Waals surface area contributed by atoms with Gasteiger partial charge in [-0.25, -0.2) is 13.1 Å². The standard InChI is InChI=1S/C12H18N2O2S2/c1-8-4-5-11(6-9(8)2)18(15,16)14-10(3)7-12(13)17/h4-6,10,14H,7H2,1-3H3,(H2,13,17). The van der Waals surface area contributed by atoms with E-state index in [2.05, 4.69) is 4.72 Å². The molecule has 1 rings (SSSR count). The second-order valence-electron chi connectivity index (χ2n) is 4.44. The predicted octanol–water partition coefficient (Wildman–Crippen LogP) is 1.65. The number of nitrogens with two attached hydrogens (primary N) is 1. The van der Waals surface area contributed by atoms with Crippen LogP contribution in [0.4, 0.5) is 0 Å². The van der Waals surface area contributed by atoms with Gasteiger partial charge in [-0.3, -0.25) is 0 Å². The number of hydrogen-bond donors (Lipinski definition) is 2. The maximum Gasteiger partial charge on any atom is 0.240 e. The normalized spacial score (nSPS) is 13.3. The predicted molar refractivity (Wildman–Crippen MR) is 77.1 cm³/mol. The average Bonchev–Trinajstić information content (AvgIpc) is 2.19. The lowest BCUT2D eigenvalue weighted by Gasteiger charge is -2.14. The summed E-state index contributed by atoms with van der Waals surface area (Å²) < 4.78 is 26.7. The van der Waals surface area contributed by atoms with Gasteiger partial charge in [0.25, 0.3) is 0 Å². The Hall–Kier alpha value is -0.980. The molecule has 0 aliphatic carbocycles. The first kappa shape index (κ1) is 15.1. The summed E-state index contributed by atoms with van der Waals surface area (Å²) in [6.45, 7) is 5.55. The number of thiocarbonyl (C=S) groups is 1. The van der Waals surface area contributed by atoms with Crippen LogP contribution < -0.4 is 10.5 Å². The molecule has 100 valence electrons. The van der Waals surface area contributed by atoms with Crippen LogP contribution in [0, 0.1) is 13.8 Å². The second-order valence-corrected chi connectivity index (χ2v) is 6.68. The molecule has 18 heavy (non-hydrogen) atoms. The molecular formula is C12H18N2O2S2. The number of sulfonamides is 1. The molecule has 0 saturated carbocycles. The highest BCUT2D eigenvalue weighted by Gasteiger charge is 2.18. The minimum absolute atomic E-state index is 0.264. The van der Waals surface area contributed by atoms with Crippen LogP contribution in [0.25, 0.3) is 0 Å². The molecule has 0 fully saturated rings. The number of rotatable bonds is 5. The molecule has 0 bridgehead atoms. The molecule has 1 aromatic carbocycles. The van der Waals surface area contributed by atoms with E-state index >= 15 is 0 Å². The summed E-state index contributed by atoms with van der Waals surface area (Å²) in [6, 6.07) is 4.74. The summed E-state index contributed by atoms with van der Waals surface area (Å²) in [7, 11) is -3.51. The monoisotopic (exact) mass is 286 g/mol. The quantitative estimate of drug-likeness (QED) is 0.807. The highest BCUT2D eigenvalue weighted by Crippen LogP contribution is 2.15. The summed E-state index contributed by atoms with van der Waals surface area (Å²) in [6.07, 6.45) is 0.347. The Balaban J connectivity index is 2.92. The van der Waals surface area contributed by atoms with Crippen molar-refractivity contribution in [2.75, 3.05) is 0 Å². The summed E-state index contributed by atoms with van der Waals surface area (Å²) in [5.41, 5.74) is 7.40. The zero-order chi connectivity index (χ0) is 13.9. The van der Waals surface area contributed by atoms with Crippen molar-refractivity contribution in [3.63, 3.8) is 0 Å². The maximum atomic E-state index is 12.1. The largest absolute Gasteiger partial charge is 0.393 e. The third-order valence-electron chi connectivity index (χ3n) is 2.65. The highest BCUT2D eigenvalue weighted by atomic mass is 32.2. The number of benzene rings is 1. The van der Waals surface area contributed by atoms with E-state index in [1.54, 1.807) is 25.1 Å². The van der Waals surface area contributed by atoms with Crippen LogP contribution >= 0.6 is 12.2 Å². The van der Waals surface area contributed by atoms with E-state index in [-0.39, 0.29) is 10.9 Å². The molecule has 0 amide bonds. The molecule has 3 N–H and O–H groups in total. The zero-order valence-corrected chi connectivity index (χ0v) is 12.4. The van der Waals surface area contributed by atoms with Gasteiger partial charge in [-0.1, -0.05) is 18.3 Å². The zero-order valence-electron chi connectivity index (χ0n) is 10.7. The lowest BCUT2D eigenvalue weighted by molar-refractivity contribution is 0.565. The minimum atomic E-state index is -3.51. The number of nitrogens with one attached hydrogen (secondary N) is 1. The lowest BCUT2D eigenvalue weighted by Crippen LogP contribution is -2.35. The molecule has 0 heterocycles. The fraction of sp³-hybridized carbons (Fsp3) is 0.417. The van der Waals surface area contributed by atoms with Gasteiger partial charge in [-0.15, -0.1) is 0 Å². The van der Waals surface area contributed by atoms with Crippen molar-refractivity contribution in [3.05, 3.63) is 29.3 Å². The molecule has 0 spiro atoms. The molecule has 1 atom stereocenters. The van der Waals surface area contributed by atoms with Crippen molar-refractivity contribution in [1.29, 1.82) is 0 Å². The Labute approximate surface area is 114 Å². The van der Waals surface area contributed by atoms with E-state index in [1.165, 1.54) is 0 Å². The number of aryl methyl sites for hydroxylation is 2. The third-order valence-corrected chi connectivity index (χ3v) is 4.41. The van der Waals surface area contributed by atoms with Crippen molar-refractivity contribution in [2.45, 2.75) is 38.1 Å². The van der Waals surface area contributed by atoms with Gasteiger partial charge >= 0.3 is 0 Å². The van der Waals surface area contributed by atoms with Gasteiger partial charge in [0.1, 0.15) is 0 Å². The molecule has 0 saturated heterocycles. The molecule has 0 aliphatic rings. The van der Waals surface area contributed by atoms with Gasteiger partial charge < -0.3 is 5.73 Å². The van der Waals surface area contributed by atoms with Crippen LogP contribution in [0.2, 0.25) is 0 Å². The topological polar surface area (TPSA) is 72.2 Å². The molecule has 1 aromatic rings. The van der Waals surface area contributed by atoms with E-state index in [9.17, 15) is 8.42 Å². The van der Waals surface area contributed by atoms with E-state index in [1.807, 2.05) is 13.8 Å². The summed E-state index contributed by atoms with van der Waals surface area (Å²) in [5, 5.41) is 0. The molecule has 0 radical (unpaired) electrons. The Morgan fingerprint density at radius 1 is 1.39 bits per heavy atom. The Kier molecular flexibility index (Phi) is 4.84. The van der Waals surface area contributed by atoms with E-state index < -0.39 is 10.0 Å². The lowest BCUT2D eigenvalue weighted by atomic mass is 10.1. The first-order valence-electron chi connectivity index (χ1n) is 5.60. The van der Waals surface area contributed by atoms with Crippen molar-refractivity contribution >= 4 is 27.2 Å². The first-order chi connectivity index (χ1) is 8.22. The average molecular weight is 286 g/mol. The Morgan fingerprint density at radius 3 is 2.50 bits per heavy atom. The Bertz CT molecular complexity index is 553. The third kappa shape index (κ3) is 4.04. The van der Waals surface area contributed by atoms with Crippen molar-refractivity contribution in [1.82, 2.24) is 4.72 Å². The SMILES string of the molecule is Cc1ccc(S(=O)(=O)NC(C)CC(N)=S)cc1C. The van der Waals surface area contributed by atoms with Gasteiger partial charge in [0, 0.05) is 12.5 Å². The molecule has 0 aromatic heterocycles. The minimum Gasteiger partial charge on any atom is -0.393 e. The van der Waals surface area contributed by atoms with Gasteiger partial charge in [-0.2, -0.15) is 0 Å². The van der Waals surface area contributed by atoms with E-state index in [4.69, 9.17) is 18.0 Å². The first-order valence-corrected chi connectivity index (χ1v) is 7.49. The molecule has 0 aliphatic heterocycles. The van der Waals surface area contributed by atoms with Gasteiger partial charge in [-0.05, 0) is 44.0 Å². The number of hydrogen-bond acceptors (Lipinski definition) is 3. The molecule has 1 unspecified atom stereocenters. The van der Waals surface area contributed by atoms with Crippen LogP contribution in [0.3, 0.4) is 0 Å². The van der Waals surface area contributed by atoms with E-state index in [0.717, 1.165) is 11.1 Å². The smallest absolute Gasteiger partial charge is 0.240 e. The van der Waals surface area contributed by atoms with Gasteiger partial charge in [0.2, 0.25) is 10.0 Å². The fourth-order valence-electron chi connectivity index (χ4n) is 1.56. The van der Waals surface area contributed by atoms with Gasteiger partial charge in [0.05, 0.1) is 9.88 Å². The molecular weight excluding hydrogens is 268 g/mol.